The van der Waals surface area contributed by atoms with E-state index in [9.17, 15) is 18.0 Å². The van der Waals surface area contributed by atoms with Crippen LogP contribution >= 0.6 is 0 Å². The Labute approximate surface area is 106 Å². The van der Waals surface area contributed by atoms with Crippen molar-refractivity contribution in [3.05, 3.63) is 29.8 Å². The maximum absolute atomic E-state index is 11.9. The molecule has 0 heterocycles. The number of benzene rings is 1. The van der Waals surface area contributed by atoms with Gasteiger partial charge in [0, 0.05) is 24.6 Å². The van der Waals surface area contributed by atoms with Gasteiger partial charge >= 0.3 is 0 Å². The minimum absolute atomic E-state index is 0.316. The van der Waals surface area contributed by atoms with Gasteiger partial charge in [0.25, 0.3) is 0 Å². The van der Waals surface area contributed by atoms with Crippen LogP contribution in [0.15, 0.2) is 24.3 Å². The van der Waals surface area contributed by atoms with E-state index in [1.807, 2.05) is 0 Å². The summed E-state index contributed by atoms with van der Waals surface area (Å²) in [6.07, 6.45) is 1.68. The lowest BCUT2D eigenvalue weighted by molar-refractivity contribution is -0.107. The van der Waals surface area contributed by atoms with Crippen LogP contribution in [0.1, 0.15) is 17.3 Å². The molecule has 0 aromatic heterocycles. The molecule has 0 fully saturated rings. The molecule has 0 saturated carbocycles. The van der Waals surface area contributed by atoms with Gasteiger partial charge in [0.05, 0.1) is 0 Å². The van der Waals surface area contributed by atoms with Crippen molar-refractivity contribution in [2.75, 3.05) is 18.2 Å². The molecular formula is C12H15NO4S. The Morgan fingerprint density at radius 1 is 1.28 bits per heavy atom. The molecule has 0 radical (unpaired) electrons. The second-order valence-corrected chi connectivity index (χ2v) is 6.47. The van der Waals surface area contributed by atoms with Crippen LogP contribution in [0, 0.1) is 0 Å². The molecule has 1 amide bonds. The quantitative estimate of drug-likeness (QED) is 0.588. The van der Waals surface area contributed by atoms with Crippen molar-refractivity contribution >= 4 is 27.7 Å². The molecule has 1 atom stereocenters. The Morgan fingerprint density at radius 3 is 2.17 bits per heavy atom. The van der Waals surface area contributed by atoms with Gasteiger partial charge < -0.3 is 4.90 Å². The fourth-order valence-corrected chi connectivity index (χ4v) is 1.88. The largest absolute Gasteiger partial charge is 0.318 e. The average Bonchev–Trinajstić information content (AvgIpc) is 2.35. The highest BCUT2D eigenvalue weighted by Crippen LogP contribution is 2.15. The zero-order valence-corrected chi connectivity index (χ0v) is 11.3. The first-order valence-electron chi connectivity index (χ1n) is 5.28. The molecule has 0 bridgehead atoms. The lowest BCUT2D eigenvalue weighted by Crippen LogP contribution is -2.26. The van der Waals surface area contributed by atoms with E-state index in [0.717, 1.165) is 6.26 Å². The molecule has 1 aromatic carbocycles. The molecule has 98 valence electrons. The van der Waals surface area contributed by atoms with E-state index in [1.165, 1.54) is 24.0 Å². The number of carbonyl (C=O) groups is 2. The summed E-state index contributed by atoms with van der Waals surface area (Å²) in [4.78, 5) is 23.8. The summed E-state index contributed by atoms with van der Waals surface area (Å²) in [5, 5.41) is -1.06. The van der Waals surface area contributed by atoms with Gasteiger partial charge in [-0.15, -0.1) is 0 Å². The summed E-state index contributed by atoms with van der Waals surface area (Å²) in [5.41, 5.74) is 0.949. The molecule has 0 aliphatic carbocycles. The van der Waals surface area contributed by atoms with Crippen LogP contribution in [0.25, 0.3) is 0 Å². The van der Waals surface area contributed by atoms with Crippen molar-refractivity contribution in [1.82, 2.24) is 0 Å². The molecule has 6 heteroatoms. The Bertz CT molecular complexity index is 548. The zero-order valence-electron chi connectivity index (χ0n) is 10.5. The number of Topliss-reactive ketones (excluding diaryl/α,β-unsaturated/α-hetero) is 1. The number of rotatable bonds is 5. The van der Waals surface area contributed by atoms with Crippen LogP contribution in [-0.2, 0) is 14.6 Å². The Morgan fingerprint density at radius 2 is 1.78 bits per heavy atom. The van der Waals surface area contributed by atoms with Crippen molar-refractivity contribution in [3.8, 4) is 0 Å². The van der Waals surface area contributed by atoms with Crippen LogP contribution < -0.4 is 4.90 Å². The molecule has 18 heavy (non-hydrogen) atoms. The number of anilines is 1. The third kappa shape index (κ3) is 3.16. The van der Waals surface area contributed by atoms with Gasteiger partial charge in [-0.3, -0.25) is 9.59 Å². The van der Waals surface area contributed by atoms with E-state index in [0.29, 0.717) is 17.7 Å². The summed E-state index contributed by atoms with van der Waals surface area (Å²) < 4.78 is 22.6. The van der Waals surface area contributed by atoms with E-state index in [1.54, 1.807) is 19.2 Å². The first kappa shape index (κ1) is 14.4. The molecular weight excluding hydrogens is 254 g/mol. The minimum atomic E-state index is -3.40. The van der Waals surface area contributed by atoms with Gasteiger partial charge in [-0.25, -0.2) is 8.42 Å². The van der Waals surface area contributed by atoms with Crippen molar-refractivity contribution in [1.29, 1.82) is 0 Å². The predicted octanol–water partition coefficient (Wildman–Crippen LogP) is 0.895. The highest BCUT2D eigenvalue weighted by atomic mass is 32.2. The highest BCUT2D eigenvalue weighted by Gasteiger charge is 2.24. The van der Waals surface area contributed by atoms with Gasteiger partial charge in [0.2, 0.25) is 6.41 Å². The topological polar surface area (TPSA) is 71.5 Å². The van der Waals surface area contributed by atoms with E-state index in [4.69, 9.17) is 0 Å². The van der Waals surface area contributed by atoms with E-state index in [-0.39, 0.29) is 0 Å². The number of amides is 1. The number of nitrogens with zero attached hydrogens (tertiary/aromatic N) is 1. The van der Waals surface area contributed by atoms with E-state index < -0.39 is 20.9 Å². The van der Waals surface area contributed by atoms with Crippen LogP contribution in [0.5, 0.6) is 0 Å². The summed E-state index contributed by atoms with van der Waals surface area (Å²) in [6, 6.07) is 6.21. The van der Waals surface area contributed by atoms with Crippen molar-refractivity contribution in [3.63, 3.8) is 0 Å². The molecule has 1 aromatic rings. The molecule has 5 nitrogen and oxygen atoms in total. The number of hydrogen-bond donors (Lipinski definition) is 0. The number of carbonyl (C=O) groups excluding carboxylic acids is 2. The van der Waals surface area contributed by atoms with Crippen LogP contribution in [0.4, 0.5) is 5.69 Å². The first-order chi connectivity index (χ1) is 8.27. The lowest BCUT2D eigenvalue weighted by Gasteiger charge is -2.12. The van der Waals surface area contributed by atoms with E-state index >= 15 is 0 Å². The Hall–Kier alpha value is -1.69. The smallest absolute Gasteiger partial charge is 0.213 e. The van der Waals surface area contributed by atoms with Gasteiger partial charge in [-0.2, -0.15) is 0 Å². The van der Waals surface area contributed by atoms with Crippen molar-refractivity contribution in [2.45, 2.75) is 12.2 Å². The normalized spacial score (nSPS) is 12.8. The van der Waals surface area contributed by atoms with Crippen LogP contribution in [-0.4, -0.2) is 39.2 Å². The maximum Gasteiger partial charge on any atom is 0.213 e. The fourth-order valence-electron chi connectivity index (χ4n) is 1.35. The Balaban J connectivity index is 2.99. The number of sulfone groups is 1. The number of hydrogen-bond acceptors (Lipinski definition) is 4. The van der Waals surface area contributed by atoms with Gasteiger partial charge in [0.1, 0.15) is 5.25 Å². The first-order valence-corrected chi connectivity index (χ1v) is 7.24. The monoisotopic (exact) mass is 269 g/mol. The standard InChI is InChI=1S/C12H15NO4S/c1-9(18(3,16)17)12(15)10-4-6-11(7-5-10)13(2)8-14/h4-9H,1-3H3. The predicted molar refractivity (Wildman–Crippen MR) is 69.5 cm³/mol. The lowest BCUT2D eigenvalue weighted by atomic mass is 10.1. The second-order valence-electron chi connectivity index (χ2n) is 4.10. The molecule has 0 spiro atoms. The fraction of sp³-hybridized carbons (Fsp3) is 0.333. The van der Waals surface area contributed by atoms with Gasteiger partial charge in [-0.05, 0) is 31.2 Å². The van der Waals surface area contributed by atoms with E-state index in [2.05, 4.69) is 0 Å². The van der Waals surface area contributed by atoms with Crippen molar-refractivity contribution in [2.24, 2.45) is 0 Å². The molecule has 0 aliphatic rings. The summed E-state index contributed by atoms with van der Waals surface area (Å²) in [5.74, 6) is -0.446. The molecule has 1 unspecified atom stereocenters. The average molecular weight is 269 g/mol. The summed E-state index contributed by atoms with van der Waals surface area (Å²) in [7, 11) is -1.81. The molecule has 0 saturated heterocycles. The van der Waals surface area contributed by atoms with Crippen LogP contribution in [0.3, 0.4) is 0 Å². The minimum Gasteiger partial charge on any atom is -0.318 e. The second kappa shape index (κ2) is 5.30. The van der Waals surface area contributed by atoms with Gasteiger partial charge in [0.15, 0.2) is 15.6 Å². The van der Waals surface area contributed by atoms with Crippen LogP contribution in [0.2, 0.25) is 0 Å². The van der Waals surface area contributed by atoms with Crippen molar-refractivity contribution < 1.29 is 18.0 Å². The highest BCUT2D eigenvalue weighted by molar-refractivity contribution is 7.92. The third-order valence-corrected chi connectivity index (χ3v) is 4.23. The summed E-state index contributed by atoms with van der Waals surface area (Å²) in [6.45, 7) is 1.36. The SMILES string of the molecule is CC(C(=O)c1ccc(N(C)C=O)cc1)S(C)(=O)=O. The molecule has 0 aliphatic heterocycles. The zero-order chi connectivity index (χ0) is 13.9. The van der Waals surface area contributed by atoms with Gasteiger partial charge in [-0.1, -0.05) is 0 Å². The number of ketones is 1. The summed E-state index contributed by atoms with van der Waals surface area (Å²) >= 11 is 0. The Kier molecular flexibility index (Phi) is 4.24. The maximum atomic E-state index is 11.9. The molecule has 0 N–H and O–H groups in total. The third-order valence-electron chi connectivity index (χ3n) is 2.73. The molecule has 1 rings (SSSR count).